The Balaban J connectivity index is 3.29. The smallest absolute Gasteiger partial charge is 0.327 e. The van der Waals surface area contributed by atoms with Gasteiger partial charge < -0.3 is 5.73 Å². The number of nitrogens with two attached hydrogens (primary N) is 1. The van der Waals surface area contributed by atoms with E-state index in [1.165, 1.54) is 24.3 Å². The van der Waals surface area contributed by atoms with E-state index in [0.29, 0.717) is 0 Å². The molecule has 0 amide bonds. The Bertz CT molecular complexity index is 442. The van der Waals surface area contributed by atoms with Crippen molar-refractivity contribution in [3.63, 3.8) is 0 Å². The second kappa shape index (κ2) is 4.81. The van der Waals surface area contributed by atoms with Gasteiger partial charge in [-0.1, -0.05) is 18.2 Å². The first-order valence-electron chi connectivity index (χ1n) is 4.47. The molecule has 0 aliphatic carbocycles. The Labute approximate surface area is 90.8 Å². The fourth-order valence-electron chi connectivity index (χ4n) is 1.21. The summed E-state index contributed by atoms with van der Waals surface area (Å²) in [7, 11) is 0. The van der Waals surface area contributed by atoms with E-state index in [2.05, 4.69) is 0 Å². The quantitative estimate of drug-likeness (QED) is 0.842. The molecule has 5 heteroatoms. The van der Waals surface area contributed by atoms with E-state index < -0.39 is 11.7 Å². The molecule has 0 atom stereocenters. The third-order valence-corrected chi connectivity index (χ3v) is 1.92. The van der Waals surface area contributed by atoms with Gasteiger partial charge in [0.1, 0.15) is 0 Å². The Hall–Kier alpha value is -1.80. The first kappa shape index (κ1) is 12.3. The molecule has 2 N–H and O–H groups in total. The van der Waals surface area contributed by atoms with E-state index in [1.807, 2.05) is 0 Å². The van der Waals surface area contributed by atoms with Crippen LogP contribution in [0, 0.1) is 11.3 Å². The highest BCUT2D eigenvalue weighted by Crippen LogP contribution is 2.33. The summed E-state index contributed by atoms with van der Waals surface area (Å²) in [6, 6.07) is 5.10. The minimum Gasteiger partial charge on any atom is -0.327 e. The van der Waals surface area contributed by atoms with Crippen molar-refractivity contribution < 1.29 is 13.2 Å². The molecule has 0 aromatic heterocycles. The van der Waals surface area contributed by atoms with Gasteiger partial charge in [0.15, 0.2) is 0 Å². The zero-order valence-corrected chi connectivity index (χ0v) is 8.25. The number of hydrogen-bond acceptors (Lipinski definition) is 2. The largest absolute Gasteiger partial charge is 0.417 e. The maximum atomic E-state index is 12.6. The first-order chi connectivity index (χ1) is 7.49. The van der Waals surface area contributed by atoms with E-state index in [0.717, 1.165) is 6.07 Å². The fraction of sp³-hybridized carbons (Fsp3) is 0.182. The molecule has 0 fully saturated rings. The Kier molecular flexibility index (Phi) is 3.69. The van der Waals surface area contributed by atoms with Crippen LogP contribution in [0.2, 0.25) is 0 Å². The Morgan fingerprint density at radius 1 is 1.38 bits per heavy atom. The first-order valence-corrected chi connectivity index (χ1v) is 4.47. The molecule has 0 saturated carbocycles. The molecule has 0 aliphatic heterocycles. The lowest BCUT2D eigenvalue weighted by Crippen LogP contribution is -2.08. The van der Waals surface area contributed by atoms with Crippen molar-refractivity contribution in [1.29, 1.82) is 5.26 Å². The van der Waals surface area contributed by atoms with Crippen molar-refractivity contribution in [1.82, 2.24) is 0 Å². The van der Waals surface area contributed by atoms with Crippen molar-refractivity contribution in [2.75, 3.05) is 6.54 Å². The lowest BCUT2D eigenvalue weighted by atomic mass is 10.0. The predicted octanol–water partition coefficient (Wildman–Crippen LogP) is 2.55. The molecule has 1 aromatic carbocycles. The lowest BCUT2D eigenvalue weighted by molar-refractivity contribution is -0.137. The summed E-state index contributed by atoms with van der Waals surface area (Å²) in [6.45, 7) is 0.164. The number of hydrogen-bond donors (Lipinski definition) is 1. The van der Waals surface area contributed by atoms with Gasteiger partial charge in [-0.15, -0.1) is 0 Å². The molecule has 0 unspecified atom stereocenters. The predicted molar refractivity (Wildman–Crippen MR) is 54.2 cm³/mol. The van der Waals surface area contributed by atoms with E-state index >= 15 is 0 Å². The third kappa shape index (κ3) is 2.84. The normalized spacial score (nSPS) is 11.7. The average Bonchev–Trinajstić information content (AvgIpc) is 2.25. The van der Waals surface area contributed by atoms with Gasteiger partial charge in [-0.3, -0.25) is 0 Å². The molecule has 84 valence electrons. The van der Waals surface area contributed by atoms with Gasteiger partial charge in [-0.05, 0) is 17.7 Å². The Morgan fingerprint density at radius 2 is 2.06 bits per heavy atom. The van der Waals surface area contributed by atoms with Gasteiger partial charge in [0.2, 0.25) is 0 Å². The van der Waals surface area contributed by atoms with Crippen LogP contribution in [0.15, 0.2) is 24.3 Å². The van der Waals surface area contributed by atoms with Crippen LogP contribution in [-0.2, 0) is 6.18 Å². The number of halogens is 3. The monoisotopic (exact) mass is 226 g/mol. The Morgan fingerprint density at radius 3 is 2.56 bits per heavy atom. The highest BCUT2D eigenvalue weighted by molar-refractivity contribution is 5.57. The van der Waals surface area contributed by atoms with Crippen LogP contribution in [-0.4, -0.2) is 6.54 Å². The van der Waals surface area contributed by atoms with Crippen LogP contribution in [0.4, 0.5) is 13.2 Å². The molecular formula is C11H9F3N2. The van der Waals surface area contributed by atoms with Gasteiger partial charge in [-0.25, -0.2) is 0 Å². The van der Waals surface area contributed by atoms with Crippen LogP contribution < -0.4 is 5.73 Å². The molecule has 1 rings (SSSR count). The topological polar surface area (TPSA) is 49.8 Å². The molecule has 0 bridgehead atoms. The molecule has 0 radical (unpaired) electrons. The van der Waals surface area contributed by atoms with Crippen molar-refractivity contribution in [3.05, 3.63) is 41.0 Å². The van der Waals surface area contributed by atoms with Gasteiger partial charge in [-0.2, -0.15) is 18.4 Å². The maximum Gasteiger partial charge on any atom is 0.417 e. The van der Waals surface area contributed by atoms with Crippen LogP contribution >= 0.6 is 0 Å². The number of alkyl halides is 3. The highest BCUT2D eigenvalue weighted by atomic mass is 19.4. The number of rotatable bonds is 2. The van der Waals surface area contributed by atoms with Crippen LogP contribution in [0.25, 0.3) is 6.08 Å². The number of benzene rings is 1. The van der Waals surface area contributed by atoms with Gasteiger partial charge in [0.25, 0.3) is 0 Å². The molecule has 0 saturated heterocycles. The maximum absolute atomic E-state index is 12.6. The fourth-order valence-corrected chi connectivity index (χ4v) is 1.21. The summed E-state index contributed by atoms with van der Waals surface area (Å²) >= 11 is 0. The molecule has 0 heterocycles. The lowest BCUT2D eigenvalue weighted by Gasteiger charge is -2.10. The van der Waals surface area contributed by atoms with Gasteiger partial charge in [0.05, 0.1) is 17.2 Å². The zero-order valence-electron chi connectivity index (χ0n) is 8.25. The molecular weight excluding hydrogens is 217 g/mol. The number of nitriles is 1. The molecule has 0 aliphatic rings. The zero-order chi connectivity index (χ0) is 12.2. The highest BCUT2D eigenvalue weighted by Gasteiger charge is 2.32. The molecule has 16 heavy (non-hydrogen) atoms. The SMILES string of the molecule is N#Cc1ccc(C=CCN)c(C(F)(F)F)c1. The van der Waals surface area contributed by atoms with Crippen molar-refractivity contribution >= 4 is 6.08 Å². The van der Waals surface area contributed by atoms with E-state index in [9.17, 15) is 13.2 Å². The van der Waals surface area contributed by atoms with Crippen molar-refractivity contribution in [2.45, 2.75) is 6.18 Å². The molecule has 2 nitrogen and oxygen atoms in total. The summed E-state index contributed by atoms with van der Waals surface area (Å²) < 4.78 is 37.9. The second-order valence-corrected chi connectivity index (χ2v) is 3.05. The minimum absolute atomic E-state index is 0.0111. The summed E-state index contributed by atoms with van der Waals surface area (Å²) in [5, 5.41) is 8.54. The van der Waals surface area contributed by atoms with Gasteiger partial charge >= 0.3 is 6.18 Å². The third-order valence-electron chi connectivity index (χ3n) is 1.92. The van der Waals surface area contributed by atoms with E-state index in [4.69, 9.17) is 11.0 Å². The standard InChI is InChI=1S/C11H9F3N2/c12-11(13,14)10-6-8(7-16)3-4-9(10)2-1-5-15/h1-4,6H,5,15H2. The summed E-state index contributed by atoms with van der Waals surface area (Å²) in [6.07, 6.45) is -1.75. The molecule has 1 aromatic rings. The van der Waals surface area contributed by atoms with Crippen molar-refractivity contribution in [3.8, 4) is 6.07 Å². The van der Waals surface area contributed by atoms with E-state index in [-0.39, 0.29) is 17.7 Å². The van der Waals surface area contributed by atoms with Crippen LogP contribution in [0.5, 0.6) is 0 Å². The van der Waals surface area contributed by atoms with Gasteiger partial charge in [0, 0.05) is 6.54 Å². The van der Waals surface area contributed by atoms with Crippen LogP contribution in [0.1, 0.15) is 16.7 Å². The van der Waals surface area contributed by atoms with E-state index in [1.54, 1.807) is 6.07 Å². The summed E-state index contributed by atoms with van der Waals surface area (Å²) in [5.41, 5.74) is 4.34. The summed E-state index contributed by atoms with van der Waals surface area (Å²) in [5.74, 6) is 0. The average molecular weight is 226 g/mol. The molecule has 0 spiro atoms. The second-order valence-electron chi connectivity index (χ2n) is 3.05. The minimum atomic E-state index is -4.47. The van der Waals surface area contributed by atoms with Crippen LogP contribution in [0.3, 0.4) is 0 Å². The van der Waals surface area contributed by atoms with Crippen molar-refractivity contribution in [2.24, 2.45) is 5.73 Å². The summed E-state index contributed by atoms with van der Waals surface area (Å²) in [4.78, 5) is 0. The number of nitrogens with zero attached hydrogens (tertiary/aromatic N) is 1.